The van der Waals surface area contributed by atoms with E-state index in [1.165, 1.54) is 40.2 Å². The quantitative estimate of drug-likeness (QED) is 0.472. The molecule has 1 N–H and O–H groups in total. The minimum Gasteiger partial charge on any atom is -0.494 e. The lowest BCUT2D eigenvalue weighted by molar-refractivity contribution is -0.131. The van der Waals surface area contributed by atoms with Gasteiger partial charge < -0.3 is 10.1 Å². The summed E-state index contributed by atoms with van der Waals surface area (Å²) in [5.41, 5.74) is 0.102. The van der Waals surface area contributed by atoms with E-state index in [9.17, 15) is 14.0 Å². The molecule has 9 nitrogen and oxygen atoms in total. The van der Waals surface area contributed by atoms with Gasteiger partial charge in [-0.1, -0.05) is 12.1 Å². The summed E-state index contributed by atoms with van der Waals surface area (Å²) >= 11 is 0. The molecule has 1 unspecified atom stereocenters. The third-order valence-corrected chi connectivity index (χ3v) is 4.92. The number of tetrazole rings is 1. The lowest BCUT2D eigenvalue weighted by atomic mass is 9.91. The first-order chi connectivity index (χ1) is 14.5. The zero-order valence-electron chi connectivity index (χ0n) is 16.2. The predicted molar refractivity (Wildman–Crippen MR) is 103 cm³/mol. The van der Waals surface area contributed by atoms with Crippen LogP contribution in [-0.4, -0.2) is 50.2 Å². The van der Waals surface area contributed by atoms with Gasteiger partial charge in [0.2, 0.25) is 0 Å². The number of aromatic nitrogens is 4. The van der Waals surface area contributed by atoms with Crippen molar-refractivity contribution in [2.75, 3.05) is 13.2 Å². The Hall–Kier alpha value is -3.82. The molecule has 3 amide bonds. The van der Waals surface area contributed by atoms with E-state index in [0.29, 0.717) is 23.4 Å². The number of carbonyl (C=O) groups is 2. The highest BCUT2D eigenvalue weighted by atomic mass is 19.1. The Bertz CT molecular complexity index is 1060. The van der Waals surface area contributed by atoms with Gasteiger partial charge in [0.15, 0.2) is 0 Å². The average Bonchev–Trinajstić information content (AvgIpc) is 3.36. The van der Waals surface area contributed by atoms with E-state index in [2.05, 4.69) is 20.8 Å². The summed E-state index contributed by atoms with van der Waals surface area (Å²) in [6.07, 6.45) is 1.89. The molecular formula is C20H19FN6O3. The molecule has 2 aromatic carbocycles. The van der Waals surface area contributed by atoms with Gasteiger partial charge in [-0.2, -0.15) is 0 Å². The molecule has 0 aliphatic carbocycles. The van der Waals surface area contributed by atoms with Crippen molar-refractivity contribution < 1.29 is 18.7 Å². The fraction of sp³-hybridized carbons (Fsp3) is 0.250. The smallest absolute Gasteiger partial charge is 0.325 e. The summed E-state index contributed by atoms with van der Waals surface area (Å²) in [7, 11) is 0. The molecule has 0 bridgehead atoms. The number of carbonyl (C=O) groups excluding carboxylic acids is 2. The maximum absolute atomic E-state index is 13.1. The van der Waals surface area contributed by atoms with Crippen molar-refractivity contribution in [1.29, 1.82) is 0 Å². The van der Waals surface area contributed by atoms with Crippen molar-refractivity contribution in [3.05, 3.63) is 66.2 Å². The van der Waals surface area contributed by atoms with Crippen LogP contribution in [0.3, 0.4) is 0 Å². The summed E-state index contributed by atoms with van der Waals surface area (Å²) in [4.78, 5) is 26.7. The number of imide groups is 1. The first-order valence-electron chi connectivity index (χ1n) is 9.34. The highest BCUT2D eigenvalue weighted by Gasteiger charge is 2.48. The van der Waals surface area contributed by atoms with Crippen LogP contribution in [-0.2, 0) is 10.3 Å². The van der Waals surface area contributed by atoms with Gasteiger partial charge in [-0.15, -0.1) is 5.10 Å². The Morgan fingerprint density at radius 3 is 2.70 bits per heavy atom. The molecule has 154 valence electrons. The molecule has 1 atom stereocenters. The Morgan fingerprint density at radius 2 is 1.97 bits per heavy atom. The highest BCUT2D eigenvalue weighted by Crippen LogP contribution is 2.30. The normalized spacial score (nSPS) is 18.5. The molecule has 1 aliphatic rings. The standard InChI is InChI=1S/C20H19FN6O3/c1-20(14-4-2-5-16(12-14)27-13-22-24-25-27)18(28)26(19(29)23-20)10-3-11-30-17-8-6-15(21)7-9-17/h2,4-9,12-13H,3,10-11H2,1H3,(H,23,29). The zero-order chi connectivity index (χ0) is 21.1. The molecule has 1 saturated heterocycles. The first kappa shape index (κ1) is 19.5. The summed E-state index contributed by atoms with van der Waals surface area (Å²) in [5, 5.41) is 13.8. The SMILES string of the molecule is CC1(c2cccc(-n3cnnn3)c2)NC(=O)N(CCCOc2ccc(F)cc2)C1=O. The Balaban J connectivity index is 1.41. The number of ether oxygens (including phenoxy) is 1. The second-order valence-corrected chi connectivity index (χ2v) is 6.97. The highest BCUT2D eigenvalue weighted by molar-refractivity contribution is 6.07. The van der Waals surface area contributed by atoms with E-state index in [1.54, 1.807) is 31.2 Å². The van der Waals surface area contributed by atoms with Gasteiger partial charge in [0.1, 0.15) is 23.4 Å². The van der Waals surface area contributed by atoms with Gasteiger partial charge in [-0.25, -0.2) is 13.9 Å². The molecule has 2 heterocycles. The summed E-state index contributed by atoms with van der Waals surface area (Å²) in [5.74, 6) is -0.161. The summed E-state index contributed by atoms with van der Waals surface area (Å²) in [6, 6.07) is 12.3. The number of urea groups is 1. The van der Waals surface area contributed by atoms with Crippen molar-refractivity contribution >= 4 is 11.9 Å². The fourth-order valence-corrected chi connectivity index (χ4v) is 3.28. The lowest BCUT2D eigenvalue weighted by Gasteiger charge is -2.22. The van der Waals surface area contributed by atoms with Crippen molar-refractivity contribution in [2.24, 2.45) is 0 Å². The van der Waals surface area contributed by atoms with Crippen LogP contribution < -0.4 is 10.1 Å². The van der Waals surface area contributed by atoms with Crippen molar-refractivity contribution in [1.82, 2.24) is 30.4 Å². The van der Waals surface area contributed by atoms with Crippen LogP contribution >= 0.6 is 0 Å². The van der Waals surface area contributed by atoms with Crippen LogP contribution in [0.2, 0.25) is 0 Å². The molecule has 3 aromatic rings. The van der Waals surface area contributed by atoms with Crippen molar-refractivity contribution in [3.8, 4) is 11.4 Å². The number of hydrogen-bond donors (Lipinski definition) is 1. The van der Waals surface area contributed by atoms with Crippen LogP contribution in [0.25, 0.3) is 5.69 Å². The fourth-order valence-electron chi connectivity index (χ4n) is 3.28. The number of nitrogens with one attached hydrogen (secondary N) is 1. The molecule has 0 spiro atoms. The van der Waals surface area contributed by atoms with E-state index >= 15 is 0 Å². The number of amides is 3. The minimum atomic E-state index is -1.20. The molecule has 1 aromatic heterocycles. The molecule has 4 rings (SSSR count). The second-order valence-electron chi connectivity index (χ2n) is 6.97. The van der Waals surface area contributed by atoms with Crippen LogP contribution in [0, 0.1) is 5.82 Å². The Kier molecular flexibility index (Phi) is 5.13. The number of nitrogens with zero attached hydrogens (tertiary/aromatic N) is 5. The maximum Gasteiger partial charge on any atom is 0.325 e. The number of hydrogen-bond acceptors (Lipinski definition) is 6. The molecule has 10 heteroatoms. The van der Waals surface area contributed by atoms with E-state index in [0.717, 1.165) is 0 Å². The topological polar surface area (TPSA) is 102 Å². The number of benzene rings is 2. The molecule has 30 heavy (non-hydrogen) atoms. The van der Waals surface area contributed by atoms with Gasteiger partial charge in [0.25, 0.3) is 5.91 Å². The molecule has 0 radical (unpaired) electrons. The van der Waals surface area contributed by atoms with Gasteiger partial charge in [0.05, 0.1) is 12.3 Å². The number of rotatable bonds is 7. The predicted octanol–water partition coefficient (Wildman–Crippen LogP) is 2.04. The Morgan fingerprint density at radius 1 is 1.17 bits per heavy atom. The molecule has 0 saturated carbocycles. The largest absolute Gasteiger partial charge is 0.494 e. The molecule has 1 fully saturated rings. The van der Waals surface area contributed by atoms with E-state index in [1.807, 2.05) is 0 Å². The van der Waals surface area contributed by atoms with Crippen LogP contribution in [0.15, 0.2) is 54.9 Å². The maximum atomic E-state index is 13.1. The van der Waals surface area contributed by atoms with Crippen LogP contribution in [0.1, 0.15) is 18.9 Å². The number of halogens is 1. The molecular weight excluding hydrogens is 391 g/mol. The minimum absolute atomic E-state index is 0.203. The van der Waals surface area contributed by atoms with E-state index in [4.69, 9.17) is 4.74 Å². The average molecular weight is 410 g/mol. The van der Waals surface area contributed by atoms with Crippen LogP contribution in [0.5, 0.6) is 5.75 Å². The van der Waals surface area contributed by atoms with Gasteiger partial charge in [0, 0.05) is 6.54 Å². The third kappa shape index (κ3) is 3.71. The second kappa shape index (κ2) is 7.90. The van der Waals surface area contributed by atoms with E-state index in [-0.39, 0.29) is 24.9 Å². The first-order valence-corrected chi connectivity index (χ1v) is 9.34. The lowest BCUT2D eigenvalue weighted by Crippen LogP contribution is -2.41. The Labute approximate surface area is 171 Å². The van der Waals surface area contributed by atoms with Gasteiger partial charge in [-0.05, 0) is 65.7 Å². The van der Waals surface area contributed by atoms with Crippen molar-refractivity contribution in [2.45, 2.75) is 18.9 Å². The monoisotopic (exact) mass is 410 g/mol. The molecule has 1 aliphatic heterocycles. The van der Waals surface area contributed by atoms with Gasteiger partial charge in [-0.3, -0.25) is 9.69 Å². The van der Waals surface area contributed by atoms with Crippen LogP contribution in [0.4, 0.5) is 9.18 Å². The van der Waals surface area contributed by atoms with E-state index < -0.39 is 11.6 Å². The van der Waals surface area contributed by atoms with Gasteiger partial charge >= 0.3 is 6.03 Å². The summed E-state index contributed by atoms with van der Waals surface area (Å²) in [6.45, 7) is 2.16. The third-order valence-electron chi connectivity index (χ3n) is 4.92. The zero-order valence-corrected chi connectivity index (χ0v) is 16.2. The van der Waals surface area contributed by atoms with Crippen molar-refractivity contribution in [3.63, 3.8) is 0 Å². The summed E-state index contributed by atoms with van der Waals surface area (Å²) < 4.78 is 19.9.